The van der Waals surface area contributed by atoms with E-state index < -0.39 is 0 Å². The molecule has 2 aliphatic heterocycles. The average molecular weight is 419 g/mol. The molecule has 0 bridgehead atoms. The van der Waals surface area contributed by atoms with Crippen molar-refractivity contribution in [1.82, 2.24) is 15.1 Å². The third kappa shape index (κ3) is 4.34. The molecule has 8 heteroatoms. The van der Waals surface area contributed by atoms with E-state index in [1.54, 1.807) is 6.07 Å². The number of halogens is 1. The van der Waals surface area contributed by atoms with Crippen LogP contribution >= 0.6 is 11.6 Å². The van der Waals surface area contributed by atoms with Gasteiger partial charge in [-0.25, -0.2) is 4.99 Å². The lowest BCUT2D eigenvalue weighted by molar-refractivity contribution is -0.132. The van der Waals surface area contributed by atoms with Crippen LogP contribution in [-0.2, 0) is 16.1 Å². The zero-order chi connectivity index (χ0) is 20.4. The summed E-state index contributed by atoms with van der Waals surface area (Å²) >= 11 is 6.55. The van der Waals surface area contributed by atoms with Gasteiger partial charge in [0, 0.05) is 25.1 Å². The number of fused-ring (bicyclic) bond motifs is 2. The Bertz CT molecular complexity index is 835. The van der Waals surface area contributed by atoms with E-state index in [9.17, 15) is 9.59 Å². The van der Waals surface area contributed by atoms with E-state index in [2.05, 4.69) is 10.3 Å². The van der Waals surface area contributed by atoms with E-state index in [0.29, 0.717) is 48.8 Å². The van der Waals surface area contributed by atoms with Crippen molar-refractivity contribution < 1.29 is 14.3 Å². The number of nitrogens with one attached hydrogen (secondary N) is 1. The van der Waals surface area contributed by atoms with Crippen LogP contribution in [0, 0.1) is 0 Å². The molecule has 0 atom stereocenters. The Balaban J connectivity index is 1.29. The molecule has 1 aliphatic carbocycles. The molecule has 4 rings (SSSR count). The Kier molecular flexibility index (Phi) is 5.94. The third-order valence-corrected chi connectivity index (χ3v) is 6.37. The molecule has 29 heavy (non-hydrogen) atoms. The maximum Gasteiger partial charge on any atom is 0.246 e. The Hall–Kier alpha value is -2.28. The molecule has 2 amide bonds. The lowest BCUT2D eigenvalue weighted by Gasteiger charge is -2.31. The fourth-order valence-electron chi connectivity index (χ4n) is 4.24. The molecule has 0 spiro atoms. The highest BCUT2D eigenvalue weighted by Crippen LogP contribution is 2.38. The lowest BCUT2D eigenvalue weighted by atomic mass is 9.94. The molecule has 0 radical (unpaired) electrons. The van der Waals surface area contributed by atoms with Crippen LogP contribution in [0.5, 0.6) is 5.75 Å². The number of rotatable bonds is 6. The molecule has 1 aromatic carbocycles. The molecule has 1 aromatic rings. The van der Waals surface area contributed by atoms with E-state index in [1.165, 1.54) is 19.3 Å². The predicted octanol–water partition coefficient (Wildman–Crippen LogP) is 3.22. The van der Waals surface area contributed by atoms with Crippen molar-refractivity contribution in [2.45, 2.75) is 57.5 Å². The molecule has 1 saturated heterocycles. The normalized spacial score (nSPS) is 18.6. The first-order valence-electron chi connectivity index (χ1n) is 10.4. The number of hydrogen-bond donors (Lipinski definition) is 1. The molecule has 2 heterocycles. The molecular weight excluding hydrogens is 392 g/mol. The van der Waals surface area contributed by atoms with E-state index in [0.717, 1.165) is 24.1 Å². The van der Waals surface area contributed by atoms with Crippen LogP contribution in [0.4, 0.5) is 5.69 Å². The zero-order valence-corrected chi connectivity index (χ0v) is 17.5. The SMILES string of the molecule is CN(C(=O)CCCOc1ccc2c(c1Cl)CN1CC(=O)NC1=N2)C1CCCCC1. The van der Waals surface area contributed by atoms with Gasteiger partial charge in [0.2, 0.25) is 17.8 Å². The monoisotopic (exact) mass is 418 g/mol. The van der Waals surface area contributed by atoms with E-state index >= 15 is 0 Å². The number of guanidine groups is 1. The van der Waals surface area contributed by atoms with Crippen molar-refractivity contribution in [3.63, 3.8) is 0 Å². The second-order valence-electron chi connectivity index (χ2n) is 7.96. The van der Waals surface area contributed by atoms with Crippen LogP contribution in [0.15, 0.2) is 17.1 Å². The Labute approximate surface area is 176 Å². The van der Waals surface area contributed by atoms with Gasteiger partial charge in [-0.2, -0.15) is 0 Å². The average Bonchev–Trinajstić information content (AvgIpc) is 3.10. The second kappa shape index (κ2) is 8.61. The van der Waals surface area contributed by atoms with Crippen molar-refractivity contribution in [3.05, 3.63) is 22.7 Å². The van der Waals surface area contributed by atoms with Crippen molar-refractivity contribution >= 4 is 35.1 Å². The van der Waals surface area contributed by atoms with Crippen LogP contribution in [0.3, 0.4) is 0 Å². The molecule has 1 saturated carbocycles. The summed E-state index contributed by atoms with van der Waals surface area (Å²) < 4.78 is 5.86. The standard InChI is InChI=1S/C21H27ClN4O3/c1-25(14-6-3-2-4-7-14)19(28)8-5-11-29-17-10-9-16-15(20(17)22)12-26-13-18(27)24-21(26)23-16/h9-10,14H,2-8,11-13H2,1H3,(H,23,24,27). The van der Waals surface area contributed by atoms with Crippen LogP contribution in [0.2, 0.25) is 5.02 Å². The summed E-state index contributed by atoms with van der Waals surface area (Å²) in [6.07, 6.45) is 7.08. The van der Waals surface area contributed by atoms with Crippen molar-refractivity contribution in [2.75, 3.05) is 20.2 Å². The lowest BCUT2D eigenvalue weighted by Crippen LogP contribution is -2.38. The molecule has 156 valence electrons. The number of carbonyl (C=O) groups is 2. The van der Waals surface area contributed by atoms with Gasteiger partial charge >= 0.3 is 0 Å². The summed E-state index contributed by atoms with van der Waals surface area (Å²) in [6, 6.07) is 4.05. The van der Waals surface area contributed by atoms with Crippen LogP contribution in [-0.4, -0.2) is 53.8 Å². The number of benzene rings is 1. The van der Waals surface area contributed by atoms with Gasteiger partial charge in [-0.05, 0) is 31.4 Å². The Morgan fingerprint density at radius 3 is 2.90 bits per heavy atom. The number of hydrogen-bond acceptors (Lipinski definition) is 5. The molecular formula is C21H27ClN4O3. The van der Waals surface area contributed by atoms with Gasteiger partial charge in [-0.3, -0.25) is 14.9 Å². The van der Waals surface area contributed by atoms with Gasteiger partial charge in [0.1, 0.15) is 12.3 Å². The second-order valence-corrected chi connectivity index (χ2v) is 8.34. The van der Waals surface area contributed by atoms with Crippen molar-refractivity contribution in [2.24, 2.45) is 4.99 Å². The largest absolute Gasteiger partial charge is 0.492 e. The summed E-state index contributed by atoms with van der Waals surface area (Å²) in [5.74, 6) is 1.29. The fraction of sp³-hybridized carbons (Fsp3) is 0.571. The van der Waals surface area contributed by atoms with Gasteiger partial charge in [0.25, 0.3) is 0 Å². The topological polar surface area (TPSA) is 74.2 Å². The maximum atomic E-state index is 12.4. The highest BCUT2D eigenvalue weighted by atomic mass is 35.5. The van der Waals surface area contributed by atoms with Gasteiger partial charge in [-0.1, -0.05) is 30.9 Å². The van der Waals surface area contributed by atoms with Gasteiger partial charge in [-0.15, -0.1) is 0 Å². The smallest absolute Gasteiger partial charge is 0.246 e. The molecule has 7 nitrogen and oxygen atoms in total. The van der Waals surface area contributed by atoms with E-state index in [-0.39, 0.29) is 18.4 Å². The van der Waals surface area contributed by atoms with E-state index in [1.807, 2.05) is 22.9 Å². The van der Waals surface area contributed by atoms with Crippen molar-refractivity contribution in [3.8, 4) is 5.75 Å². The zero-order valence-electron chi connectivity index (χ0n) is 16.7. The van der Waals surface area contributed by atoms with Gasteiger partial charge in [0.05, 0.1) is 23.9 Å². The maximum absolute atomic E-state index is 12.4. The highest BCUT2D eigenvalue weighted by Gasteiger charge is 2.30. The van der Waals surface area contributed by atoms with Crippen LogP contribution in [0.1, 0.15) is 50.5 Å². The first-order chi connectivity index (χ1) is 14.0. The molecule has 1 N–H and O–H groups in total. The number of ether oxygens (including phenoxy) is 1. The first kappa shape index (κ1) is 20.0. The molecule has 3 aliphatic rings. The van der Waals surface area contributed by atoms with E-state index in [4.69, 9.17) is 16.3 Å². The fourth-order valence-corrected chi connectivity index (χ4v) is 4.51. The van der Waals surface area contributed by atoms with Crippen molar-refractivity contribution in [1.29, 1.82) is 0 Å². The number of carbonyl (C=O) groups excluding carboxylic acids is 2. The Morgan fingerprint density at radius 1 is 1.31 bits per heavy atom. The summed E-state index contributed by atoms with van der Waals surface area (Å²) in [7, 11) is 1.92. The summed E-state index contributed by atoms with van der Waals surface area (Å²) in [5, 5.41) is 3.27. The summed E-state index contributed by atoms with van der Waals surface area (Å²) in [6.45, 7) is 1.24. The van der Waals surface area contributed by atoms with Gasteiger partial charge < -0.3 is 14.5 Å². The van der Waals surface area contributed by atoms with Crippen LogP contribution in [0.25, 0.3) is 0 Å². The number of nitrogens with zero attached hydrogens (tertiary/aromatic N) is 3. The minimum atomic E-state index is -0.0630. The predicted molar refractivity (Wildman–Crippen MR) is 111 cm³/mol. The highest BCUT2D eigenvalue weighted by molar-refractivity contribution is 6.33. The third-order valence-electron chi connectivity index (χ3n) is 5.95. The van der Waals surface area contributed by atoms with Crippen LogP contribution < -0.4 is 10.1 Å². The number of amides is 2. The minimum absolute atomic E-state index is 0.0630. The molecule has 2 fully saturated rings. The quantitative estimate of drug-likeness (QED) is 0.720. The summed E-state index contributed by atoms with van der Waals surface area (Å²) in [5.41, 5.74) is 1.61. The first-order valence-corrected chi connectivity index (χ1v) is 10.7. The molecule has 0 unspecified atom stereocenters. The summed E-state index contributed by atoms with van der Waals surface area (Å²) in [4.78, 5) is 32.3. The molecule has 0 aromatic heterocycles. The van der Waals surface area contributed by atoms with Gasteiger partial charge in [0.15, 0.2) is 0 Å². The number of aliphatic imine (C=N–C) groups is 1. The Morgan fingerprint density at radius 2 is 2.10 bits per heavy atom. The minimum Gasteiger partial charge on any atom is -0.492 e.